The fraction of sp³-hybridized carbons (Fsp3) is 0.750. The molecule has 1 atom stereocenters. The first-order chi connectivity index (χ1) is 9.66. The molecule has 2 heterocycles. The highest BCUT2D eigenvalue weighted by Crippen LogP contribution is 2.09. The lowest BCUT2D eigenvalue weighted by Gasteiger charge is -2.35. The molecule has 1 aliphatic heterocycles. The third kappa shape index (κ3) is 4.46. The van der Waals surface area contributed by atoms with Crippen LogP contribution in [0.2, 0.25) is 0 Å². The summed E-state index contributed by atoms with van der Waals surface area (Å²) >= 11 is 1.55. The number of H-pyrrole nitrogens is 1. The van der Waals surface area contributed by atoms with Crippen molar-refractivity contribution in [3.05, 3.63) is 6.33 Å². The van der Waals surface area contributed by atoms with Crippen molar-refractivity contribution >= 4 is 17.7 Å². The Balaban J connectivity index is 1.63. The average Bonchev–Trinajstić information content (AvgIpc) is 2.96. The zero-order valence-electron chi connectivity index (χ0n) is 12.0. The second kappa shape index (κ2) is 7.61. The van der Waals surface area contributed by atoms with E-state index in [-0.39, 0.29) is 11.9 Å². The Morgan fingerprint density at radius 3 is 2.90 bits per heavy atom. The largest absolute Gasteiger partial charge is 0.354 e. The van der Waals surface area contributed by atoms with Gasteiger partial charge in [-0.25, -0.2) is 4.98 Å². The van der Waals surface area contributed by atoms with Gasteiger partial charge in [-0.1, -0.05) is 11.8 Å². The number of hydrogen-bond donors (Lipinski definition) is 2. The SMILES string of the molecule is C[C@H](C(=O)NCCSc1ncn[nH]1)N1CCN(C)CC1. The maximum Gasteiger partial charge on any atom is 0.237 e. The number of amides is 1. The number of likely N-dealkylation sites (N-methyl/N-ethyl adjacent to an activating group) is 1. The number of nitrogens with one attached hydrogen (secondary N) is 2. The van der Waals surface area contributed by atoms with Gasteiger partial charge in [-0.3, -0.25) is 14.8 Å². The monoisotopic (exact) mass is 298 g/mol. The molecule has 0 bridgehead atoms. The summed E-state index contributed by atoms with van der Waals surface area (Å²) in [5.41, 5.74) is 0. The van der Waals surface area contributed by atoms with Crippen LogP contribution in [-0.4, -0.2) is 82.5 Å². The van der Waals surface area contributed by atoms with Crippen LogP contribution in [0.4, 0.5) is 0 Å². The first-order valence-electron chi connectivity index (χ1n) is 6.85. The summed E-state index contributed by atoms with van der Waals surface area (Å²) in [6.45, 7) is 6.58. The molecule has 1 aromatic heterocycles. The van der Waals surface area contributed by atoms with Gasteiger partial charge in [0.2, 0.25) is 5.91 Å². The van der Waals surface area contributed by atoms with E-state index in [4.69, 9.17) is 0 Å². The summed E-state index contributed by atoms with van der Waals surface area (Å²) in [4.78, 5) is 20.6. The number of carbonyl (C=O) groups is 1. The van der Waals surface area contributed by atoms with Crippen LogP contribution in [-0.2, 0) is 4.79 Å². The zero-order valence-corrected chi connectivity index (χ0v) is 12.8. The molecule has 0 saturated carbocycles. The lowest BCUT2D eigenvalue weighted by atomic mass is 10.2. The third-order valence-corrected chi connectivity index (χ3v) is 4.38. The number of rotatable bonds is 6. The van der Waals surface area contributed by atoms with E-state index in [9.17, 15) is 4.79 Å². The molecule has 0 aliphatic carbocycles. The zero-order chi connectivity index (χ0) is 14.4. The van der Waals surface area contributed by atoms with Gasteiger partial charge in [-0.15, -0.1) is 0 Å². The molecule has 20 heavy (non-hydrogen) atoms. The summed E-state index contributed by atoms with van der Waals surface area (Å²) in [6.07, 6.45) is 1.48. The molecule has 2 N–H and O–H groups in total. The molecule has 0 unspecified atom stereocenters. The van der Waals surface area contributed by atoms with E-state index in [1.807, 2.05) is 6.92 Å². The molecule has 1 amide bonds. The Morgan fingerprint density at radius 1 is 1.50 bits per heavy atom. The number of carbonyl (C=O) groups excluding carboxylic acids is 1. The van der Waals surface area contributed by atoms with E-state index >= 15 is 0 Å². The van der Waals surface area contributed by atoms with Crippen LogP contribution in [0.1, 0.15) is 6.92 Å². The molecule has 1 aliphatic rings. The molecule has 1 fully saturated rings. The Bertz CT molecular complexity index is 404. The molecule has 1 saturated heterocycles. The van der Waals surface area contributed by atoms with Gasteiger partial charge in [0.25, 0.3) is 0 Å². The van der Waals surface area contributed by atoms with Crippen LogP contribution < -0.4 is 5.32 Å². The quantitative estimate of drug-likeness (QED) is 0.552. The molecule has 1 aromatic rings. The maximum absolute atomic E-state index is 12.1. The van der Waals surface area contributed by atoms with Gasteiger partial charge in [-0.2, -0.15) is 5.10 Å². The first-order valence-corrected chi connectivity index (χ1v) is 7.84. The average molecular weight is 298 g/mol. The number of thioether (sulfide) groups is 1. The Kier molecular flexibility index (Phi) is 5.81. The van der Waals surface area contributed by atoms with Crippen LogP contribution in [0.5, 0.6) is 0 Å². The van der Waals surface area contributed by atoms with Crippen molar-refractivity contribution in [1.82, 2.24) is 30.3 Å². The molecule has 8 heteroatoms. The second-order valence-electron chi connectivity index (χ2n) is 4.95. The van der Waals surface area contributed by atoms with Crippen molar-refractivity contribution in [1.29, 1.82) is 0 Å². The van der Waals surface area contributed by atoms with Crippen LogP contribution in [0.3, 0.4) is 0 Å². The minimum atomic E-state index is -0.0565. The van der Waals surface area contributed by atoms with Crippen molar-refractivity contribution in [3.63, 3.8) is 0 Å². The van der Waals surface area contributed by atoms with Gasteiger partial charge in [0.05, 0.1) is 6.04 Å². The fourth-order valence-corrected chi connectivity index (χ4v) is 2.74. The topological polar surface area (TPSA) is 77.1 Å². The van der Waals surface area contributed by atoms with Gasteiger partial charge in [0, 0.05) is 38.5 Å². The van der Waals surface area contributed by atoms with E-state index in [1.54, 1.807) is 11.8 Å². The lowest BCUT2D eigenvalue weighted by Crippen LogP contribution is -2.53. The Morgan fingerprint density at radius 2 is 2.25 bits per heavy atom. The second-order valence-corrected chi connectivity index (χ2v) is 6.03. The number of aromatic nitrogens is 3. The van der Waals surface area contributed by atoms with E-state index in [0.717, 1.165) is 37.1 Å². The predicted molar refractivity (Wildman–Crippen MR) is 78.6 cm³/mol. The van der Waals surface area contributed by atoms with Crippen molar-refractivity contribution < 1.29 is 4.79 Å². The highest BCUT2D eigenvalue weighted by Gasteiger charge is 2.23. The molecule has 0 spiro atoms. The normalized spacial score (nSPS) is 18.9. The molecule has 112 valence electrons. The van der Waals surface area contributed by atoms with Crippen LogP contribution in [0.25, 0.3) is 0 Å². The van der Waals surface area contributed by atoms with Crippen LogP contribution >= 0.6 is 11.8 Å². The van der Waals surface area contributed by atoms with Gasteiger partial charge in [0.15, 0.2) is 5.16 Å². The van der Waals surface area contributed by atoms with E-state index in [2.05, 4.69) is 37.3 Å². The minimum absolute atomic E-state index is 0.0565. The third-order valence-electron chi connectivity index (χ3n) is 3.50. The van der Waals surface area contributed by atoms with Gasteiger partial charge in [-0.05, 0) is 14.0 Å². The highest BCUT2D eigenvalue weighted by molar-refractivity contribution is 7.99. The van der Waals surface area contributed by atoms with E-state index in [0.29, 0.717) is 6.54 Å². The minimum Gasteiger partial charge on any atom is -0.354 e. The van der Waals surface area contributed by atoms with Crippen LogP contribution in [0, 0.1) is 0 Å². The molecule has 0 aromatic carbocycles. The number of piperazine rings is 1. The summed E-state index contributed by atoms with van der Waals surface area (Å²) in [5.74, 6) is 0.892. The summed E-state index contributed by atoms with van der Waals surface area (Å²) < 4.78 is 0. The summed E-state index contributed by atoms with van der Waals surface area (Å²) in [5, 5.41) is 10.3. The number of nitrogens with zero attached hydrogens (tertiary/aromatic N) is 4. The molecule has 2 rings (SSSR count). The Hall–Kier alpha value is -1.12. The molecular weight excluding hydrogens is 276 g/mol. The van der Waals surface area contributed by atoms with Gasteiger partial charge >= 0.3 is 0 Å². The van der Waals surface area contributed by atoms with Crippen molar-refractivity contribution in [2.24, 2.45) is 0 Å². The van der Waals surface area contributed by atoms with Crippen molar-refractivity contribution in [3.8, 4) is 0 Å². The summed E-state index contributed by atoms with van der Waals surface area (Å²) in [6, 6.07) is -0.0565. The lowest BCUT2D eigenvalue weighted by molar-refractivity contribution is -0.126. The standard InChI is InChI=1S/C12H22N6OS/c1-10(18-6-4-17(2)5-7-18)11(19)13-3-8-20-12-14-9-15-16-12/h9-10H,3-8H2,1-2H3,(H,13,19)(H,14,15,16)/t10-/m1/s1. The van der Waals surface area contributed by atoms with E-state index < -0.39 is 0 Å². The summed E-state index contributed by atoms with van der Waals surface area (Å²) in [7, 11) is 2.11. The molecule has 0 radical (unpaired) electrons. The molecule has 7 nitrogen and oxygen atoms in total. The molecular formula is C12H22N6OS. The van der Waals surface area contributed by atoms with E-state index in [1.165, 1.54) is 6.33 Å². The fourth-order valence-electron chi connectivity index (χ4n) is 2.11. The highest BCUT2D eigenvalue weighted by atomic mass is 32.2. The maximum atomic E-state index is 12.1. The number of aromatic amines is 1. The van der Waals surface area contributed by atoms with Gasteiger partial charge in [0.1, 0.15) is 6.33 Å². The predicted octanol–water partition coefficient (Wildman–Crippen LogP) is -0.351. The number of hydrogen-bond acceptors (Lipinski definition) is 6. The smallest absolute Gasteiger partial charge is 0.237 e. The Labute approximate surface area is 123 Å². The van der Waals surface area contributed by atoms with Gasteiger partial charge < -0.3 is 10.2 Å². The van der Waals surface area contributed by atoms with Crippen LogP contribution in [0.15, 0.2) is 11.5 Å². The van der Waals surface area contributed by atoms with Crippen molar-refractivity contribution in [2.45, 2.75) is 18.1 Å². The first kappa shape index (κ1) is 15.3. The van der Waals surface area contributed by atoms with Crippen molar-refractivity contribution in [2.75, 3.05) is 45.5 Å².